The summed E-state index contributed by atoms with van der Waals surface area (Å²) in [6.07, 6.45) is 1.31. The molecule has 1 heterocycles. The van der Waals surface area contributed by atoms with Crippen molar-refractivity contribution in [3.63, 3.8) is 0 Å². The zero-order valence-corrected chi connectivity index (χ0v) is 11.5. The number of carboxylic acids is 1. The predicted molar refractivity (Wildman–Crippen MR) is 69.8 cm³/mol. The standard InChI is InChI=1S/C12H20N4O3/c1-4-16(5-2)11(17)8-13-7-10-9(12(18)19)6-14-15(10)3/h6,13H,4-5,7-8H2,1-3H3,(H,18,19). The van der Waals surface area contributed by atoms with Crippen LogP contribution in [0.4, 0.5) is 0 Å². The predicted octanol–water partition coefficient (Wildman–Crippen LogP) is 0.0763. The first-order valence-corrected chi connectivity index (χ1v) is 6.23. The minimum atomic E-state index is -1.01. The molecule has 0 bridgehead atoms. The third kappa shape index (κ3) is 3.78. The Morgan fingerprint density at radius 3 is 2.58 bits per heavy atom. The van der Waals surface area contributed by atoms with E-state index in [1.54, 1.807) is 11.9 Å². The molecule has 0 atom stereocenters. The summed E-state index contributed by atoms with van der Waals surface area (Å²) in [4.78, 5) is 24.5. The minimum Gasteiger partial charge on any atom is -0.478 e. The van der Waals surface area contributed by atoms with Crippen LogP contribution >= 0.6 is 0 Å². The van der Waals surface area contributed by atoms with Gasteiger partial charge >= 0.3 is 5.97 Å². The highest BCUT2D eigenvalue weighted by Gasteiger charge is 2.15. The van der Waals surface area contributed by atoms with E-state index in [1.807, 2.05) is 13.8 Å². The van der Waals surface area contributed by atoms with E-state index < -0.39 is 5.97 Å². The molecule has 1 aromatic heterocycles. The van der Waals surface area contributed by atoms with E-state index >= 15 is 0 Å². The van der Waals surface area contributed by atoms with Gasteiger partial charge in [0, 0.05) is 26.7 Å². The van der Waals surface area contributed by atoms with Crippen LogP contribution in [-0.2, 0) is 18.4 Å². The normalized spacial score (nSPS) is 10.5. The number of nitrogens with zero attached hydrogens (tertiary/aromatic N) is 3. The van der Waals surface area contributed by atoms with Crippen LogP contribution in [0.25, 0.3) is 0 Å². The largest absolute Gasteiger partial charge is 0.478 e. The first-order valence-electron chi connectivity index (χ1n) is 6.23. The molecule has 0 unspecified atom stereocenters. The van der Waals surface area contributed by atoms with Crippen LogP contribution in [-0.4, -0.2) is 51.3 Å². The third-order valence-electron chi connectivity index (χ3n) is 2.98. The molecule has 0 spiro atoms. The van der Waals surface area contributed by atoms with Gasteiger partial charge in [0.2, 0.25) is 5.91 Å². The molecular weight excluding hydrogens is 248 g/mol. The smallest absolute Gasteiger partial charge is 0.339 e. The monoisotopic (exact) mass is 268 g/mol. The van der Waals surface area contributed by atoms with Crippen LogP contribution in [0.15, 0.2) is 6.20 Å². The minimum absolute atomic E-state index is 0.00374. The van der Waals surface area contributed by atoms with Gasteiger partial charge in [0.15, 0.2) is 0 Å². The quantitative estimate of drug-likeness (QED) is 0.731. The summed E-state index contributed by atoms with van der Waals surface area (Å²) in [5, 5.41) is 15.9. The Balaban J connectivity index is 2.56. The maximum atomic E-state index is 11.8. The Morgan fingerprint density at radius 2 is 2.05 bits per heavy atom. The molecular formula is C12H20N4O3. The van der Waals surface area contributed by atoms with Crippen molar-refractivity contribution in [1.82, 2.24) is 20.0 Å². The van der Waals surface area contributed by atoms with Crippen molar-refractivity contribution in [2.75, 3.05) is 19.6 Å². The highest BCUT2D eigenvalue weighted by molar-refractivity contribution is 5.88. The molecule has 0 saturated carbocycles. The first kappa shape index (κ1) is 15.2. The summed E-state index contributed by atoms with van der Waals surface area (Å²) in [7, 11) is 1.68. The fourth-order valence-corrected chi connectivity index (χ4v) is 1.83. The van der Waals surface area contributed by atoms with E-state index in [0.29, 0.717) is 25.3 Å². The fraction of sp³-hybridized carbons (Fsp3) is 0.583. The molecule has 2 N–H and O–H groups in total. The zero-order valence-electron chi connectivity index (χ0n) is 11.5. The second kappa shape index (κ2) is 6.89. The van der Waals surface area contributed by atoms with Crippen LogP contribution in [0.3, 0.4) is 0 Å². The topological polar surface area (TPSA) is 87.5 Å². The Morgan fingerprint density at radius 1 is 1.42 bits per heavy atom. The molecule has 7 nitrogen and oxygen atoms in total. The number of aromatic carboxylic acids is 1. The Kier molecular flexibility index (Phi) is 5.50. The number of carbonyl (C=O) groups excluding carboxylic acids is 1. The molecule has 0 fully saturated rings. The average molecular weight is 268 g/mol. The van der Waals surface area contributed by atoms with Gasteiger partial charge in [-0.05, 0) is 13.8 Å². The maximum Gasteiger partial charge on any atom is 0.339 e. The van der Waals surface area contributed by atoms with Crippen molar-refractivity contribution in [3.05, 3.63) is 17.5 Å². The Labute approximate surface area is 112 Å². The lowest BCUT2D eigenvalue weighted by atomic mass is 10.2. The van der Waals surface area contributed by atoms with Crippen LogP contribution in [0.1, 0.15) is 29.9 Å². The van der Waals surface area contributed by atoms with Gasteiger partial charge in [0.1, 0.15) is 5.56 Å². The summed E-state index contributed by atoms with van der Waals surface area (Å²) in [6, 6.07) is 0. The summed E-state index contributed by atoms with van der Waals surface area (Å²) in [6.45, 7) is 5.67. The van der Waals surface area contributed by atoms with E-state index in [9.17, 15) is 9.59 Å². The number of hydrogen-bond donors (Lipinski definition) is 2. The molecule has 0 radical (unpaired) electrons. The number of carboxylic acid groups (broad SMARTS) is 1. The summed E-state index contributed by atoms with van der Waals surface area (Å²) in [5.41, 5.74) is 0.713. The Bertz CT molecular complexity index is 452. The molecule has 106 valence electrons. The summed E-state index contributed by atoms with van der Waals surface area (Å²) < 4.78 is 1.50. The van der Waals surface area contributed by atoms with Crippen LogP contribution < -0.4 is 5.32 Å². The average Bonchev–Trinajstić information content (AvgIpc) is 2.73. The number of nitrogens with one attached hydrogen (secondary N) is 1. The zero-order chi connectivity index (χ0) is 14.4. The molecule has 7 heteroatoms. The number of amides is 1. The molecule has 0 aliphatic rings. The molecule has 0 saturated heterocycles. The van der Waals surface area contributed by atoms with Gasteiger partial charge in [0.05, 0.1) is 18.4 Å². The maximum absolute atomic E-state index is 11.8. The lowest BCUT2D eigenvalue weighted by Gasteiger charge is -2.18. The van der Waals surface area contributed by atoms with Crippen molar-refractivity contribution in [2.24, 2.45) is 7.05 Å². The van der Waals surface area contributed by atoms with Crippen molar-refractivity contribution in [3.8, 4) is 0 Å². The van der Waals surface area contributed by atoms with Gasteiger partial charge in [-0.3, -0.25) is 9.48 Å². The lowest BCUT2D eigenvalue weighted by Crippen LogP contribution is -2.38. The number of rotatable bonds is 7. The third-order valence-corrected chi connectivity index (χ3v) is 2.98. The van der Waals surface area contributed by atoms with E-state index in [2.05, 4.69) is 10.4 Å². The van der Waals surface area contributed by atoms with Crippen molar-refractivity contribution >= 4 is 11.9 Å². The molecule has 1 amide bonds. The molecule has 1 aromatic rings. The van der Waals surface area contributed by atoms with E-state index in [1.165, 1.54) is 10.9 Å². The van der Waals surface area contributed by atoms with Crippen LogP contribution in [0.5, 0.6) is 0 Å². The number of carbonyl (C=O) groups is 2. The number of likely N-dealkylation sites (N-methyl/N-ethyl adjacent to an activating group) is 1. The van der Waals surface area contributed by atoms with Gasteiger partial charge in [-0.15, -0.1) is 0 Å². The van der Waals surface area contributed by atoms with Gasteiger partial charge in [-0.25, -0.2) is 4.79 Å². The van der Waals surface area contributed by atoms with Crippen molar-refractivity contribution in [2.45, 2.75) is 20.4 Å². The van der Waals surface area contributed by atoms with Crippen molar-refractivity contribution < 1.29 is 14.7 Å². The van der Waals surface area contributed by atoms with Crippen molar-refractivity contribution in [1.29, 1.82) is 0 Å². The number of aryl methyl sites for hydroxylation is 1. The summed E-state index contributed by atoms with van der Waals surface area (Å²) in [5.74, 6) is -1.01. The van der Waals surface area contributed by atoms with Crippen LogP contribution in [0.2, 0.25) is 0 Å². The molecule has 0 aliphatic carbocycles. The first-order chi connectivity index (χ1) is 9.01. The Hall–Kier alpha value is -1.89. The summed E-state index contributed by atoms with van der Waals surface area (Å²) >= 11 is 0. The second-order valence-corrected chi connectivity index (χ2v) is 4.10. The van der Waals surface area contributed by atoms with E-state index in [4.69, 9.17) is 5.11 Å². The van der Waals surface area contributed by atoms with Gasteiger partial charge < -0.3 is 15.3 Å². The molecule has 0 aromatic carbocycles. The van der Waals surface area contributed by atoms with Crippen LogP contribution in [0, 0.1) is 0 Å². The fourth-order valence-electron chi connectivity index (χ4n) is 1.83. The van der Waals surface area contributed by atoms with Gasteiger partial charge in [0.25, 0.3) is 0 Å². The SMILES string of the molecule is CCN(CC)C(=O)CNCc1c(C(=O)O)cnn1C. The highest BCUT2D eigenvalue weighted by Crippen LogP contribution is 2.06. The van der Waals surface area contributed by atoms with Gasteiger partial charge in [-0.2, -0.15) is 5.10 Å². The van der Waals surface area contributed by atoms with E-state index in [0.717, 1.165) is 0 Å². The highest BCUT2D eigenvalue weighted by atomic mass is 16.4. The number of aromatic nitrogens is 2. The molecule has 19 heavy (non-hydrogen) atoms. The van der Waals surface area contributed by atoms with E-state index in [-0.39, 0.29) is 18.0 Å². The molecule has 1 rings (SSSR count). The second-order valence-electron chi connectivity index (χ2n) is 4.10. The molecule has 0 aliphatic heterocycles. The lowest BCUT2D eigenvalue weighted by molar-refractivity contribution is -0.129. The number of hydrogen-bond acceptors (Lipinski definition) is 4. The van der Waals surface area contributed by atoms with Gasteiger partial charge in [-0.1, -0.05) is 0 Å².